The van der Waals surface area contributed by atoms with Gasteiger partial charge in [0.25, 0.3) is 0 Å². The monoisotopic (exact) mass is 215 g/mol. The Morgan fingerprint density at radius 3 is 2.60 bits per heavy atom. The van der Waals surface area contributed by atoms with Crippen molar-refractivity contribution in [1.29, 1.82) is 0 Å². The first kappa shape index (κ1) is 12.3. The lowest BCUT2D eigenvalue weighted by molar-refractivity contribution is -0.112. The van der Waals surface area contributed by atoms with Gasteiger partial charge in [0, 0.05) is 13.1 Å². The Morgan fingerprint density at radius 2 is 1.93 bits per heavy atom. The first-order chi connectivity index (χ1) is 7.33. The van der Waals surface area contributed by atoms with Crippen molar-refractivity contribution in [3.05, 3.63) is 0 Å². The van der Waals surface area contributed by atoms with Crippen LogP contribution < -0.4 is 0 Å². The van der Waals surface area contributed by atoms with Gasteiger partial charge in [0.05, 0.1) is 6.61 Å². The van der Waals surface area contributed by atoms with Crippen LogP contribution in [0.5, 0.6) is 0 Å². The van der Waals surface area contributed by atoms with Gasteiger partial charge < -0.3 is 9.57 Å². The van der Waals surface area contributed by atoms with Crippen molar-refractivity contribution in [2.45, 2.75) is 45.4 Å². The predicted molar refractivity (Wildman–Crippen MR) is 57.4 cm³/mol. The highest BCUT2D eigenvalue weighted by Gasteiger charge is 2.16. The molecule has 1 fully saturated rings. The van der Waals surface area contributed by atoms with Crippen molar-refractivity contribution in [1.82, 2.24) is 5.06 Å². The molecule has 1 aliphatic heterocycles. The number of nitrogens with zero attached hydrogens (tertiary/aromatic N) is 1. The van der Waals surface area contributed by atoms with E-state index in [4.69, 9.17) is 9.57 Å². The second kappa shape index (κ2) is 7.51. The fraction of sp³-hybridized carbons (Fsp3) is 0.909. The molecule has 0 bridgehead atoms. The third kappa shape index (κ3) is 5.62. The van der Waals surface area contributed by atoms with Gasteiger partial charge in [0.15, 0.2) is 0 Å². The summed E-state index contributed by atoms with van der Waals surface area (Å²) >= 11 is 0. The first-order valence-corrected chi connectivity index (χ1v) is 5.92. The minimum Gasteiger partial charge on any atom is -0.433 e. The van der Waals surface area contributed by atoms with E-state index in [0.29, 0.717) is 6.61 Å². The number of hydrogen-bond acceptors (Lipinski definition) is 4. The molecule has 0 spiro atoms. The Balaban J connectivity index is 1.93. The summed E-state index contributed by atoms with van der Waals surface area (Å²) in [6.07, 6.45) is 6.10. The van der Waals surface area contributed by atoms with Gasteiger partial charge >= 0.3 is 6.16 Å². The number of carbonyl (C=O) groups is 1. The maximum atomic E-state index is 11.1. The molecule has 0 saturated carbocycles. The summed E-state index contributed by atoms with van der Waals surface area (Å²) in [5, 5.41) is 1.67. The largest absolute Gasteiger partial charge is 0.527 e. The lowest BCUT2D eigenvalue weighted by Crippen LogP contribution is -2.24. The van der Waals surface area contributed by atoms with Gasteiger partial charge in [-0.1, -0.05) is 26.2 Å². The van der Waals surface area contributed by atoms with E-state index in [2.05, 4.69) is 6.92 Å². The minimum absolute atomic E-state index is 0.479. The fourth-order valence-corrected chi connectivity index (χ4v) is 1.60. The summed E-state index contributed by atoms with van der Waals surface area (Å²) < 4.78 is 4.95. The minimum atomic E-state index is -0.548. The van der Waals surface area contributed by atoms with Gasteiger partial charge in [-0.15, -0.1) is 5.06 Å². The van der Waals surface area contributed by atoms with Crippen LogP contribution in [0.15, 0.2) is 0 Å². The quantitative estimate of drug-likeness (QED) is 0.504. The van der Waals surface area contributed by atoms with Gasteiger partial charge in [0.2, 0.25) is 0 Å². The van der Waals surface area contributed by atoms with Crippen LogP contribution in [0.3, 0.4) is 0 Å². The molecule has 1 heterocycles. The summed E-state index contributed by atoms with van der Waals surface area (Å²) in [7, 11) is 0. The number of carbonyl (C=O) groups excluding carboxylic acids is 1. The second-order valence-corrected chi connectivity index (χ2v) is 3.89. The van der Waals surface area contributed by atoms with Crippen LogP contribution in [0, 0.1) is 0 Å². The molecule has 0 aliphatic carbocycles. The van der Waals surface area contributed by atoms with Gasteiger partial charge in [-0.2, -0.15) is 0 Å². The summed E-state index contributed by atoms with van der Waals surface area (Å²) in [6.45, 7) is 4.31. The third-order valence-electron chi connectivity index (χ3n) is 2.49. The average Bonchev–Trinajstić information content (AvgIpc) is 2.70. The molecule has 1 aliphatic rings. The molecule has 0 atom stereocenters. The molecule has 0 radical (unpaired) electrons. The lowest BCUT2D eigenvalue weighted by atomic mass is 10.2. The number of hydroxylamine groups is 2. The molecular weight excluding hydrogens is 194 g/mol. The van der Waals surface area contributed by atoms with Crippen molar-refractivity contribution < 1.29 is 14.4 Å². The molecule has 88 valence electrons. The zero-order chi connectivity index (χ0) is 10.9. The van der Waals surface area contributed by atoms with Crippen LogP contribution in [-0.2, 0) is 9.57 Å². The Hall–Kier alpha value is -0.770. The molecule has 0 N–H and O–H groups in total. The molecule has 1 rings (SSSR count). The summed E-state index contributed by atoms with van der Waals surface area (Å²) in [4.78, 5) is 16.1. The standard InChI is InChI=1S/C11H21NO3/c1-2-3-4-7-10-14-11(13)15-12-8-5-6-9-12/h2-10H2,1H3. The molecule has 0 aromatic heterocycles. The predicted octanol–water partition coefficient (Wildman–Crippen LogP) is 2.73. The molecule has 0 aromatic carbocycles. The highest BCUT2D eigenvalue weighted by molar-refractivity contribution is 5.59. The average molecular weight is 215 g/mol. The highest BCUT2D eigenvalue weighted by Crippen LogP contribution is 2.08. The van der Waals surface area contributed by atoms with Crippen molar-refractivity contribution in [2.24, 2.45) is 0 Å². The highest BCUT2D eigenvalue weighted by atomic mass is 16.8. The molecule has 15 heavy (non-hydrogen) atoms. The molecule has 0 aromatic rings. The van der Waals surface area contributed by atoms with Crippen LogP contribution >= 0.6 is 0 Å². The van der Waals surface area contributed by atoms with Crippen LogP contribution in [-0.4, -0.2) is 30.9 Å². The van der Waals surface area contributed by atoms with Crippen molar-refractivity contribution in [2.75, 3.05) is 19.7 Å². The molecule has 1 saturated heterocycles. The van der Waals surface area contributed by atoms with Crippen LogP contribution in [0.25, 0.3) is 0 Å². The zero-order valence-corrected chi connectivity index (χ0v) is 9.54. The Morgan fingerprint density at radius 1 is 1.20 bits per heavy atom. The molecule has 4 nitrogen and oxygen atoms in total. The fourth-order valence-electron chi connectivity index (χ4n) is 1.60. The number of hydrogen-bond donors (Lipinski definition) is 0. The van der Waals surface area contributed by atoms with Gasteiger partial charge in [-0.25, -0.2) is 4.79 Å². The SMILES string of the molecule is CCCCCCOC(=O)ON1CCCC1. The van der Waals surface area contributed by atoms with Crippen LogP contribution in [0.1, 0.15) is 45.4 Å². The van der Waals surface area contributed by atoms with E-state index in [9.17, 15) is 4.79 Å². The Kier molecular flexibility index (Phi) is 6.16. The maximum absolute atomic E-state index is 11.1. The van der Waals surface area contributed by atoms with E-state index in [1.54, 1.807) is 5.06 Å². The number of unbranched alkanes of at least 4 members (excludes halogenated alkanes) is 3. The maximum Gasteiger partial charge on any atom is 0.527 e. The molecule has 0 amide bonds. The van der Waals surface area contributed by atoms with E-state index in [0.717, 1.165) is 38.8 Å². The summed E-state index contributed by atoms with van der Waals surface area (Å²) in [5.74, 6) is 0. The topological polar surface area (TPSA) is 38.8 Å². The van der Waals surface area contributed by atoms with Crippen molar-refractivity contribution in [3.63, 3.8) is 0 Å². The van der Waals surface area contributed by atoms with E-state index in [1.165, 1.54) is 12.8 Å². The van der Waals surface area contributed by atoms with Crippen LogP contribution in [0.2, 0.25) is 0 Å². The molecule has 0 unspecified atom stereocenters. The lowest BCUT2D eigenvalue weighted by Gasteiger charge is -2.13. The number of rotatable bonds is 6. The van der Waals surface area contributed by atoms with E-state index in [-0.39, 0.29) is 0 Å². The van der Waals surface area contributed by atoms with Gasteiger partial charge in [0.1, 0.15) is 0 Å². The molecular formula is C11H21NO3. The van der Waals surface area contributed by atoms with E-state index < -0.39 is 6.16 Å². The third-order valence-corrected chi connectivity index (χ3v) is 2.49. The van der Waals surface area contributed by atoms with Gasteiger partial charge in [-0.3, -0.25) is 0 Å². The summed E-state index contributed by atoms with van der Waals surface area (Å²) in [5.41, 5.74) is 0. The Labute approximate surface area is 91.5 Å². The second-order valence-electron chi connectivity index (χ2n) is 3.89. The smallest absolute Gasteiger partial charge is 0.433 e. The van der Waals surface area contributed by atoms with Crippen LogP contribution in [0.4, 0.5) is 4.79 Å². The summed E-state index contributed by atoms with van der Waals surface area (Å²) in [6, 6.07) is 0. The van der Waals surface area contributed by atoms with E-state index in [1.807, 2.05) is 0 Å². The van der Waals surface area contributed by atoms with Crippen molar-refractivity contribution in [3.8, 4) is 0 Å². The Bertz CT molecular complexity index is 179. The molecule has 4 heteroatoms. The van der Waals surface area contributed by atoms with Crippen molar-refractivity contribution >= 4 is 6.16 Å². The first-order valence-electron chi connectivity index (χ1n) is 5.92. The normalized spacial score (nSPS) is 16.6. The zero-order valence-electron chi connectivity index (χ0n) is 9.54. The number of ether oxygens (including phenoxy) is 1. The van der Waals surface area contributed by atoms with Gasteiger partial charge in [-0.05, 0) is 19.3 Å². The van der Waals surface area contributed by atoms with E-state index >= 15 is 0 Å².